The van der Waals surface area contributed by atoms with Gasteiger partial charge in [-0.1, -0.05) is 6.08 Å². The van der Waals surface area contributed by atoms with E-state index >= 15 is 0 Å². The monoisotopic (exact) mass is 359 g/mol. The van der Waals surface area contributed by atoms with Crippen molar-refractivity contribution in [3.8, 4) is 5.88 Å². The summed E-state index contributed by atoms with van der Waals surface area (Å²) in [6.45, 7) is 2.00. The van der Waals surface area contributed by atoms with Crippen molar-refractivity contribution in [2.45, 2.75) is 12.5 Å². The third-order valence-electron chi connectivity index (χ3n) is 4.38. The predicted molar refractivity (Wildman–Crippen MR) is 91.5 cm³/mol. The largest absolute Gasteiger partial charge is 0.471 e. The molecule has 0 radical (unpaired) electrons. The molecular weight excluding hydrogens is 341 g/mol. The fourth-order valence-electron chi connectivity index (χ4n) is 3.07. The minimum atomic E-state index is -0.521. The Morgan fingerprint density at radius 1 is 1.38 bits per heavy atom. The quantitative estimate of drug-likeness (QED) is 0.884. The lowest BCUT2D eigenvalue weighted by Gasteiger charge is -2.17. The summed E-state index contributed by atoms with van der Waals surface area (Å²) in [4.78, 5) is 13.5. The second-order valence-electron chi connectivity index (χ2n) is 6.11. The van der Waals surface area contributed by atoms with E-state index in [1.54, 1.807) is 18.2 Å². The Morgan fingerprint density at radius 3 is 3.04 bits per heavy atom. The molecule has 26 heavy (non-hydrogen) atoms. The van der Waals surface area contributed by atoms with Gasteiger partial charge in [0.05, 0.1) is 12.2 Å². The van der Waals surface area contributed by atoms with Gasteiger partial charge < -0.3 is 19.3 Å². The van der Waals surface area contributed by atoms with Crippen LogP contribution in [0.15, 0.2) is 41.1 Å². The summed E-state index contributed by atoms with van der Waals surface area (Å²) in [6, 6.07) is 6.40. The Kier molecular flexibility index (Phi) is 4.57. The molecule has 1 N–H and O–H groups in total. The summed E-state index contributed by atoms with van der Waals surface area (Å²) >= 11 is 0. The molecule has 2 aliphatic rings. The van der Waals surface area contributed by atoms with Crippen LogP contribution in [0.4, 0.5) is 14.9 Å². The zero-order chi connectivity index (χ0) is 17.9. The van der Waals surface area contributed by atoms with Gasteiger partial charge in [-0.15, -0.1) is 0 Å². The molecule has 136 valence electrons. The van der Waals surface area contributed by atoms with Gasteiger partial charge in [0.25, 0.3) is 5.88 Å². The Morgan fingerprint density at radius 2 is 2.31 bits per heavy atom. The molecule has 8 heteroatoms. The van der Waals surface area contributed by atoms with Crippen LogP contribution in [0.1, 0.15) is 12.0 Å². The van der Waals surface area contributed by atoms with Crippen LogP contribution in [0.3, 0.4) is 0 Å². The van der Waals surface area contributed by atoms with Crippen molar-refractivity contribution >= 4 is 17.4 Å². The van der Waals surface area contributed by atoms with Gasteiger partial charge in [0, 0.05) is 18.2 Å². The average molecular weight is 359 g/mol. The number of benzene rings is 1. The lowest BCUT2D eigenvalue weighted by atomic mass is 9.99. The van der Waals surface area contributed by atoms with Crippen LogP contribution in [-0.4, -0.2) is 43.6 Å². The summed E-state index contributed by atoms with van der Waals surface area (Å²) in [5.74, 6) is -0.0177. The number of nitrogens with zero attached hydrogens (tertiary/aromatic N) is 2. The van der Waals surface area contributed by atoms with Crippen molar-refractivity contribution in [2.75, 3.05) is 31.1 Å². The number of cyclic esters (lactones) is 1. The summed E-state index contributed by atoms with van der Waals surface area (Å²) in [5.41, 5.74) is 2.03. The molecule has 1 saturated heterocycles. The lowest BCUT2D eigenvalue weighted by molar-refractivity contribution is 0.102. The highest BCUT2D eigenvalue weighted by Gasteiger charge is 2.33. The van der Waals surface area contributed by atoms with Crippen molar-refractivity contribution < 1.29 is 23.2 Å². The average Bonchev–Trinajstić information content (AvgIpc) is 3.30. The number of ether oxygens (including phenoxy) is 2. The Hall–Kier alpha value is -2.87. The van der Waals surface area contributed by atoms with Crippen molar-refractivity contribution in [1.82, 2.24) is 10.5 Å². The molecule has 0 aliphatic carbocycles. The van der Waals surface area contributed by atoms with Crippen molar-refractivity contribution in [2.24, 2.45) is 0 Å². The van der Waals surface area contributed by atoms with Gasteiger partial charge >= 0.3 is 6.09 Å². The van der Waals surface area contributed by atoms with E-state index in [-0.39, 0.29) is 19.0 Å². The number of amides is 1. The van der Waals surface area contributed by atoms with E-state index in [1.807, 2.05) is 6.08 Å². The summed E-state index contributed by atoms with van der Waals surface area (Å²) in [6.07, 6.45) is 3.18. The lowest BCUT2D eigenvalue weighted by Crippen LogP contribution is -2.26. The molecule has 1 aromatic carbocycles. The predicted octanol–water partition coefficient (Wildman–Crippen LogP) is 2.59. The van der Waals surface area contributed by atoms with Gasteiger partial charge in [0.1, 0.15) is 18.7 Å². The maximum Gasteiger partial charge on any atom is 0.414 e. The number of halogens is 1. The Balaban J connectivity index is 1.44. The molecule has 0 spiro atoms. The Labute approximate surface area is 149 Å². The second-order valence-corrected chi connectivity index (χ2v) is 6.11. The van der Waals surface area contributed by atoms with Crippen LogP contribution in [0.2, 0.25) is 0 Å². The summed E-state index contributed by atoms with van der Waals surface area (Å²) in [7, 11) is 0. The number of carbonyl (C=O) groups excluding carboxylic acids is 1. The highest BCUT2D eigenvalue weighted by Crippen LogP contribution is 2.28. The number of hydrogen-bond donors (Lipinski definition) is 1. The number of carbonyl (C=O) groups is 1. The number of aromatic nitrogens is 1. The first kappa shape index (κ1) is 16.6. The van der Waals surface area contributed by atoms with Crippen LogP contribution < -0.4 is 15.0 Å². The van der Waals surface area contributed by atoms with Crippen molar-refractivity contribution in [3.63, 3.8) is 0 Å². The van der Waals surface area contributed by atoms with Crippen LogP contribution in [0.5, 0.6) is 5.88 Å². The molecule has 0 saturated carbocycles. The van der Waals surface area contributed by atoms with Gasteiger partial charge in [-0.25, -0.2) is 9.18 Å². The molecule has 0 bridgehead atoms. The van der Waals surface area contributed by atoms with E-state index < -0.39 is 12.2 Å². The molecule has 4 rings (SSSR count). The number of rotatable bonds is 5. The first-order valence-electron chi connectivity index (χ1n) is 8.42. The van der Waals surface area contributed by atoms with E-state index in [0.717, 1.165) is 25.1 Å². The maximum absolute atomic E-state index is 14.6. The third-order valence-corrected chi connectivity index (χ3v) is 4.38. The normalized spacial score (nSPS) is 20.0. The third kappa shape index (κ3) is 3.41. The van der Waals surface area contributed by atoms with Gasteiger partial charge in [-0.3, -0.25) is 4.90 Å². The maximum atomic E-state index is 14.6. The van der Waals surface area contributed by atoms with Crippen LogP contribution in [0, 0.1) is 5.82 Å². The number of nitrogens with one attached hydrogen (secondary N) is 1. The minimum absolute atomic E-state index is 0.148. The molecular formula is C18H18FN3O4. The fourth-order valence-corrected chi connectivity index (χ4v) is 3.07. The zero-order valence-electron chi connectivity index (χ0n) is 14.0. The van der Waals surface area contributed by atoms with Gasteiger partial charge in [-0.2, -0.15) is 0 Å². The number of hydrogen-bond acceptors (Lipinski definition) is 6. The van der Waals surface area contributed by atoms with E-state index in [1.165, 1.54) is 17.2 Å². The minimum Gasteiger partial charge on any atom is -0.471 e. The van der Waals surface area contributed by atoms with Crippen molar-refractivity contribution in [1.29, 1.82) is 0 Å². The highest BCUT2D eigenvalue weighted by atomic mass is 19.1. The summed E-state index contributed by atoms with van der Waals surface area (Å²) in [5, 5.41) is 6.83. The van der Waals surface area contributed by atoms with Crippen LogP contribution >= 0.6 is 0 Å². The molecule has 3 heterocycles. The highest BCUT2D eigenvalue weighted by molar-refractivity contribution is 5.90. The van der Waals surface area contributed by atoms with E-state index in [0.29, 0.717) is 17.1 Å². The van der Waals surface area contributed by atoms with E-state index in [4.69, 9.17) is 9.47 Å². The summed E-state index contributed by atoms with van der Waals surface area (Å²) < 4.78 is 29.9. The van der Waals surface area contributed by atoms with E-state index in [9.17, 15) is 9.18 Å². The molecule has 1 amide bonds. The fraction of sp³-hybridized carbons (Fsp3) is 0.333. The molecule has 2 aromatic rings. The second kappa shape index (κ2) is 7.17. The van der Waals surface area contributed by atoms with Crippen molar-refractivity contribution in [3.05, 3.63) is 48.0 Å². The molecule has 1 aromatic heterocycles. The SMILES string of the molecule is O=C1OC(COc2ccon2)CN1c1ccc(C2=CCNCC2)c(F)c1. The first-order chi connectivity index (χ1) is 12.7. The van der Waals surface area contributed by atoms with Gasteiger partial charge in [-0.05, 0) is 41.9 Å². The standard InChI is InChI=1S/C18H18FN3O4/c19-16-9-13(1-2-15(16)12-3-6-20-7-4-12)22-10-14(26-18(22)23)11-24-17-5-8-25-21-17/h1-3,5,8-9,14,20H,4,6-7,10-11H2. The van der Waals surface area contributed by atoms with Gasteiger partial charge in [0.15, 0.2) is 6.10 Å². The Bertz CT molecular complexity index is 822. The molecule has 7 nitrogen and oxygen atoms in total. The molecule has 1 atom stereocenters. The van der Waals surface area contributed by atoms with Crippen LogP contribution in [0.25, 0.3) is 5.57 Å². The van der Waals surface area contributed by atoms with Gasteiger partial charge in [0.2, 0.25) is 0 Å². The first-order valence-corrected chi connectivity index (χ1v) is 8.42. The molecule has 2 aliphatic heterocycles. The smallest absolute Gasteiger partial charge is 0.414 e. The molecule has 1 unspecified atom stereocenters. The van der Waals surface area contributed by atoms with Crippen LogP contribution in [-0.2, 0) is 4.74 Å². The molecule has 1 fully saturated rings. The van der Waals surface area contributed by atoms with E-state index in [2.05, 4.69) is 15.0 Å². The number of anilines is 1. The topological polar surface area (TPSA) is 76.8 Å². The zero-order valence-corrected chi connectivity index (χ0v) is 14.0.